The Hall–Kier alpha value is -2.80. The highest BCUT2D eigenvalue weighted by Gasteiger charge is 2.26. The number of rotatable bonds is 2. The molecule has 3 aromatic heterocycles. The minimum Gasteiger partial charge on any atom is -0.381 e. The van der Waals surface area contributed by atoms with Crippen molar-refractivity contribution >= 4 is 17.1 Å². The second-order valence-electron chi connectivity index (χ2n) is 6.83. The second kappa shape index (κ2) is 6.17. The zero-order valence-corrected chi connectivity index (χ0v) is 14.3. The second-order valence-corrected chi connectivity index (χ2v) is 6.83. The van der Waals surface area contributed by atoms with Crippen LogP contribution in [0.15, 0.2) is 36.9 Å². The molecule has 7 heteroatoms. The van der Waals surface area contributed by atoms with E-state index in [0.29, 0.717) is 24.7 Å². The van der Waals surface area contributed by atoms with Crippen molar-refractivity contribution in [1.82, 2.24) is 24.4 Å². The van der Waals surface area contributed by atoms with Crippen molar-refractivity contribution in [2.24, 2.45) is 0 Å². The smallest absolute Gasteiger partial charge is 0.256 e. The molecule has 1 fully saturated rings. The SMILES string of the molecule is O=C(c1cnc2c(c1)ncn2C1CCOCC1)N1Cc2cccnc2C1. The van der Waals surface area contributed by atoms with Gasteiger partial charge in [0.25, 0.3) is 5.91 Å². The summed E-state index contributed by atoms with van der Waals surface area (Å²) in [7, 11) is 0. The van der Waals surface area contributed by atoms with E-state index >= 15 is 0 Å². The van der Waals surface area contributed by atoms with Crippen LogP contribution in [0.2, 0.25) is 0 Å². The van der Waals surface area contributed by atoms with Crippen LogP contribution in [0, 0.1) is 0 Å². The predicted octanol–water partition coefficient (Wildman–Crippen LogP) is 2.33. The maximum atomic E-state index is 12.9. The lowest BCUT2D eigenvalue weighted by Gasteiger charge is -2.23. The Morgan fingerprint density at radius 1 is 1.15 bits per heavy atom. The first-order chi connectivity index (χ1) is 12.8. The molecule has 0 saturated carbocycles. The minimum atomic E-state index is -0.0296. The third kappa shape index (κ3) is 2.55. The van der Waals surface area contributed by atoms with Crippen LogP contribution in [0.1, 0.15) is 40.5 Å². The molecular formula is C19H19N5O2. The third-order valence-electron chi connectivity index (χ3n) is 5.22. The molecule has 0 N–H and O–H groups in total. The van der Waals surface area contributed by atoms with E-state index in [0.717, 1.165) is 48.5 Å². The van der Waals surface area contributed by atoms with Crippen LogP contribution in [-0.4, -0.2) is 43.5 Å². The monoisotopic (exact) mass is 349 g/mol. The Morgan fingerprint density at radius 2 is 2.04 bits per heavy atom. The van der Waals surface area contributed by atoms with Crippen LogP contribution in [0.3, 0.4) is 0 Å². The number of hydrogen-bond donors (Lipinski definition) is 0. The van der Waals surface area contributed by atoms with Gasteiger partial charge in [0.1, 0.15) is 5.52 Å². The summed E-state index contributed by atoms with van der Waals surface area (Å²) in [6.07, 6.45) is 7.19. The number of nitrogens with zero attached hydrogens (tertiary/aromatic N) is 5. The zero-order valence-electron chi connectivity index (χ0n) is 14.3. The van der Waals surface area contributed by atoms with E-state index in [4.69, 9.17) is 4.74 Å². The summed E-state index contributed by atoms with van der Waals surface area (Å²) in [6, 6.07) is 6.13. The molecule has 0 spiro atoms. The molecule has 1 amide bonds. The van der Waals surface area contributed by atoms with Crippen molar-refractivity contribution in [2.75, 3.05) is 13.2 Å². The molecule has 2 aliphatic heterocycles. The van der Waals surface area contributed by atoms with Gasteiger partial charge in [-0.1, -0.05) is 6.07 Å². The van der Waals surface area contributed by atoms with Gasteiger partial charge in [0.2, 0.25) is 0 Å². The third-order valence-corrected chi connectivity index (χ3v) is 5.22. The maximum Gasteiger partial charge on any atom is 0.256 e. The van der Waals surface area contributed by atoms with Crippen molar-refractivity contribution in [3.05, 3.63) is 53.7 Å². The number of aromatic nitrogens is 4. The van der Waals surface area contributed by atoms with Crippen molar-refractivity contribution in [3.8, 4) is 0 Å². The first-order valence-corrected chi connectivity index (χ1v) is 8.92. The lowest BCUT2D eigenvalue weighted by molar-refractivity contribution is 0.0704. The van der Waals surface area contributed by atoms with Crippen molar-refractivity contribution < 1.29 is 9.53 Å². The molecule has 3 aromatic rings. The van der Waals surface area contributed by atoms with E-state index in [1.165, 1.54) is 0 Å². The number of hydrogen-bond acceptors (Lipinski definition) is 5. The lowest BCUT2D eigenvalue weighted by atomic mass is 10.1. The summed E-state index contributed by atoms with van der Waals surface area (Å²) in [5.74, 6) is -0.0296. The fraction of sp³-hybridized carbons (Fsp3) is 0.368. The van der Waals surface area contributed by atoms with E-state index in [1.807, 2.05) is 24.5 Å². The van der Waals surface area contributed by atoms with E-state index in [1.54, 1.807) is 17.3 Å². The van der Waals surface area contributed by atoms with Crippen LogP contribution in [0.5, 0.6) is 0 Å². The first-order valence-electron chi connectivity index (χ1n) is 8.92. The molecule has 0 radical (unpaired) electrons. The molecule has 0 unspecified atom stereocenters. The van der Waals surface area contributed by atoms with Crippen molar-refractivity contribution in [3.63, 3.8) is 0 Å². The summed E-state index contributed by atoms with van der Waals surface area (Å²) in [4.78, 5) is 28.1. The number of carbonyl (C=O) groups is 1. The van der Waals surface area contributed by atoms with E-state index in [9.17, 15) is 4.79 Å². The van der Waals surface area contributed by atoms with Crippen LogP contribution >= 0.6 is 0 Å². The highest BCUT2D eigenvalue weighted by Crippen LogP contribution is 2.26. The van der Waals surface area contributed by atoms with Gasteiger partial charge in [-0.05, 0) is 30.5 Å². The Balaban J connectivity index is 1.41. The Kier molecular flexibility index (Phi) is 3.67. The number of ether oxygens (including phenoxy) is 1. The first kappa shape index (κ1) is 15.5. The van der Waals surface area contributed by atoms with E-state index in [-0.39, 0.29) is 5.91 Å². The molecule has 26 heavy (non-hydrogen) atoms. The largest absolute Gasteiger partial charge is 0.381 e. The predicted molar refractivity (Wildman–Crippen MR) is 94.4 cm³/mol. The molecule has 1 saturated heterocycles. The van der Waals surface area contributed by atoms with Crippen LogP contribution in [-0.2, 0) is 17.8 Å². The van der Waals surface area contributed by atoms with Gasteiger partial charge in [-0.3, -0.25) is 9.78 Å². The molecule has 2 aliphatic rings. The summed E-state index contributed by atoms with van der Waals surface area (Å²) in [5, 5.41) is 0. The molecule has 0 bridgehead atoms. The van der Waals surface area contributed by atoms with E-state index in [2.05, 4.69) is 19.5 Å². The van der Waals surface area contributed by atoms with Gasteiger partial charge in [0.15, 0.2) is 5.65 Å². The Bertz CT molecular complexity index is 952. The topological polar surface area (TPSA) is 73.1 Å². The van der Waals surface area contributed by atoms with Crippen molar-refractivity contribution in [2.45, 2.75) is 32.0 Å². The van der Waals surface area contributed by atoms with Crippen LogP contribution in [0.4, 0.5) is 0 Å². The average molecular weight is 349 g/mol. The highest BCUT2D eigenvalue weighted by atomic mass is 16.5. The summed E-state index contributed by atoms with van der Waals surface area (Å²) in [6.45, 7) is 2.68. The number of amides is 1. The number of carbonyl (C=O) groups excluding carboxylic acids is 1. The average Bonchev–Trinajstić information content (AvgIpc) is 3.31. The quantitative estimate of drug-likeness (QED) is 0.710. The molecule has 0 atom stereocenters. The fourth-order valence-electron chi connectivity index (χ4n) is 3.79. The molecule has 0 aromatic carbocycles. The fourth-order valence-corrected chi connectivity index (χ4v) is 3.79. The van der Waals surface area contributed by atoms with Gasteiger partial charge >= 0.3 is 0 Å². The van der Waals surface area contributed by atoms with Gasteiger partial charge in [0, 0.05) is 38.2 Å². The van der Waals surface area contributed by atoms with Gasteiger partial charge in [-0.25, -0.2) is 9.97 Å². The molecule has 0 aliphatic carbocycles. The Labute approximate surface area is 150 Å². The molecule has 7 nitrogen and oxygen atoms in total. The summed E-state index contributed by atoms with van der Waals surface area (Å²) in [5.41, 5.74) is 4.25. The van der Waals surface area contributed by atoms with E-state index < -0.39 is 0 Å². The van der Waals surface area contributed by atoms with Gasteiger partial charge in [0.05, 0.1) is 24.1 Å². The summed E-state index contributed by atoms with van der Waals surface area (Å²) >= 11 is 0. The van der Waals surface area contributed by atoms with Crippen molar-refractivity contribution in [1.29, 1.82) is 0 Å². The highest BCUT2D eigenvalue weighted by molar-refractivity contribution is 5.96. The van der Waals surface area contributed by atoms with Gasteiger partial charge in [-0.15, -0.1) is 0 Å². The maximum absolute atomic E-state index is 12.9. The zero-order chi connectivity index (χ0) is 17.5. The van der Waals surface area contributed by atoms with Crippen LogP contribution in [0.25, 0.3) is 11.2 Å². The number of fused-ring (bicyclic) bond motifs is 2. The molecule has 5 rings (SSSR count). The molecular weight excluding hydrogens is 330 g/mol. The number of imidazole rings is 1. The Morgan fingerprint density at radius 3 is 2.88 bits per heavy atom. The number of pyridine rings is 2. The standard InChI is InChI=1S/C19H19N5O2/c25-19(23-10-13-2-1-5-20-17(13)11-23)14-8-16-18(21-9-14)24(12-22-16)15-3-6-26-7-4-15/h1-2,5,8-9,12,15H,3-4,6-7,10-11H2. The van der Waals surface area contributed by atoms with Gasteiger partial charge in [-0.2, -0.15) is 0 Å². The minimum absolute atomic E-state index is 0.0296. The normalized spacial score (nSPS) is 17.6. The van der Waals surface area contributed by atoms with Crippen LogP contribution < -0.4 is 0 Å². The summed E-state index contributed by atoms with van der Waals surface area (Å²) < 4.78 is 7.55. The molecule has 132 valence electrons. The lowest BCUT2D eigenvalue weighted by Crippen LogP contribution is -2.25. The molecule has 5 heterocycles. The van der Waals surface area contributed by atoms with Gasteiger partial charge < -0.3 is 14.2 Å².